The number of benzene rings is 2. The van der Waals surface area contributed by atoms with Crippen molar-refractivity contribution in [3.05, 3.63) is 85.2 Å². The highest BCUT2D eigenvalue weighted by atomic mass is 35.5. The van der Waals surface area contributed by atoms with Crippen molar-refractivity contribution in [1.82, 2.24) is 5.32 Å². The number of nitrogens with zero attached hydrogens (tertiary/aromatic N) is 1. The van der Waals surface area contributed by atoms with E-state index in [-0.39, 0.29) is 39.7 Å². The lowest BCUT2D eigenvalue weighted by atomic mass is 9.64. The van der Waals surface area contributed by atoms with Crippen LogP contribution in [0.5, 0.6) is 11.5 Å². The maximum atomic E-state index is 13.7. The number of non-ortho nitro benzene ring substituents is 1. The number of nitro benzene ring substituents is 1. The van der Waals surface area contributed by atoms with Gasteiger partial charge in [-0.2, -0.15) is 0 Å². The van der Waals surface area contributed by atoms with Gasteiger partial charge in [0.15, 0.2) is 23.1 Å². The van der Waals surface area contributed by atoms with Crippen LogP contribution >= 0.6 is 11.6 Å². The van der Waals surface area contributed by atoms with Crippen LogP contribution in [0.1, 0.15) is 77.3 Å². The lowest BCUT2D eigenvalue weighted by Gasteiger charge is -2.44. The normalized spacial score (nSPS) is 19.9. The molecule has 0 aromatic heterocycles. The molecule has 0 saturated heterocycles. The molecule has 1 aliphatic heterocycles. The van der Waals surface area contributed by atoms with E-state index in [1.54, 1.807) is 18.2 Å². The SMILES string of the molecule is CCOc1cc(C2C3=C(CC(C)(C)CC3=O)NC3=C2C(=O)CC(C)(C)C3)cc(Cl)c1OCc1cccc([N+](=O)[O-])c1. The van der Waals surface area contributed by atoms with Gasteiger partial charge in [-0.25, -0.2) is 0 Å². The molecule has 0 radical (unpaired) electrons. The van der Waals surface area contributed by atoms with Crippen molar-refractivity contribution < 1.29 is 24.0 Å². The molecular formula is C32H35ClN2O6. The Morgan fingerprint density at radius 3 is 2.12 bits per heavy atom. The maximum Gasteiger partial charge on any atom is 0.269 e. The van der Waals surface area contributed by atoms with Gasteiger partial charge < -0.3 is 14.8 Å². The summed E-state index contributed by atoms with van der Waals surface area (Å²) >= 11 is 6.82. The first-order valence-corrected chi connectivity index (χ1v) is 14.3. The first-order valence-electron chi connectivity index (χ1n) is 13.9. The van der Waals surface area contributed by atoms with Crippen LogP contribution in [0.2, 0.25) is 5.02 Å². The Balaban J connectivity index is 1.59. The number of hydrogen-bond acceptors (Lipinski definition) is 7. The summed E-state index contributed by atoms with van der Waals surface area (Å²) < 4.78 is 12.0. The van der Waals surface area contributed by atoms with E-state index in [0.717, 1.165) is 11.4 Å². The Morgan fingerprint density at radius 2 is 1.56 bits per heavy atom. The van der Waals surface area contributed by atoms with Crippen molar-refractivity contribution in [2.45, 2.75) is 72.8 Å². The van der Waals surface area contributed by atoms with E-state index in [9.17, 15) is 19.7 Å². The molecular weight excluding hydrogens is 544 g/mol. The fourth-order valence-corrected chi connectivity index (χ4v) is 6.57. The van der Waals surface area contributed by atoms with Gasteiger partial charge in [0.1, 0.15) is 6.61 Å². The number of carbonyl (C=O) groups excluding carboxylic acids is 2. The Hall–Kier alpha value is -3.65. The number of nitrogens with one attached hydrogen (secondary N) is 1. The minimum atomic E-state index is -0.559. The second-order valence-corrected chi connectivity index (χ2v) is 13.1. The average Bonchev–Trinajstić information content (AvgIpc) is 2.85. The van der Waals surface area contributed by atoms with Crippen LogP contribution in [0, 0.1) is 20.9 Å². The zero-order chi connectivity index (χ0) is 29.7. The van der Waals surface area contributed by atoms with Gasteiger partial charge >= 0.3 is 0 Å². The van der Waals surface area contributed by atoms with Gasteiger partial charge in [0.2, 0.25) is 0 Å². The van der Waals surface area contributed by atoms with Crippen molar-refractivity contribution in [1.29, 1.82) is 0 Å². The van der Waals surface area contributed by atoms with Crippen LogP contribution in [0.4, 0.5) is 5.69 Å². The number of rotatable bonds is 7. The van der Waals surface area contributed by atoms with Crippen LogP contribution in [-0.4, -0.2) is 23.1 Å². The Morgan fingerprint density at radius 1 is 0.951 bits per heavy atom. The second kappa shape index (κ2) is 10.6. The molecule has 3 aliphatic rings. The average molecular weight is 579 g/mol. The van der Waals surface area contributed by atoms with Gasteiger partial charge in [-0.3, -0.25) is 19.7 Å². The summed E-state index contributed by atoms with van der Waals surface area (Å²) in [5.74, 6) is 0.177. The number of halogens is 1. The molecule has 2 aromatic carbocycles. The van der Waals surface area contributed by atoms with Crippen LogP contribution in [-0.2, 0) is 16.2 Å². The molecule has 0 spiro atoms. The molecule has 5 rings (SSSR count). The summed E-state index contributed by atoms with van der Waals surface area (Å²) in [6.07, 6.45) is 2.18. The molecule has 1 N–H and O–H groups in total. The lowest BCUT2D eigenvalue weighted by Crippen LogP contribution is -2.42. The molecule has 0 unspecified atom stereocenters. The van der Waals surface area contributed by atoms with E-state index in [1.165, 1.54) is 12.1 Å². The molecule has 8 nitrogen and oxygen atoms in total. The largest absolute Gasteiger partial charge is 0.490 e. The van der Waals surface area contributed by atoms with Crippen LogP contribution < -0.4 is 14.8 Å². The Labute approximate surface area is 244 Å². The van der Waals surface area contributed by atoms with Gasteiger partial charge in [-0.15, -0.1) is 0 Å². The van der Waals surface area contributed by atoms with Crippen LogP contribution in [0.15, 0.2) is 58.9 Å². The standard InChI is InChI=1S/C32H35ClN2O6/c1-6-40-26-12-19(11-21(33)30(26)41-17-18-8-7-9-20(10-18)35(38)39)27-28-22(13-31(2,3)15-24(28)36)34-23-14-32(4,5)16-25(37)29(23)27/h7-12,27,34H,6,13-17H2,1-5H3. The van der Waals surface area contributed by atoms with Crippen molar-refractivity contribution in [2.75, 3.05) is 6.61 Å². The summed E-state index contributed by atoms with van der Waals surface area (Å²) in [4.78, 5) is 38.1. The summed E-state index contributed by atoms with van der Waals surface area (Å²) in [5, 5.41) is 15.0. The number of ketones is 2. The molecule has 0 saturated carbocycles. The highest BCUT2D eigenvalue weighted by Crippen LogP contribution is 2.52. The van der Waals surface area contributed by atoms with Crippen molar-refractivity contribution in [3.63, 3.8) is 0 Å². The predicted octanol–water partition coefficient (Wildman–Crippen LogP) is 7.20. The highest BCUT2D eigenvalue weighted by Gasteiger charge is 2.46. The maximum absolute atomic E-state index is 13.7. The number of dihydropyridines is 1. The minimum absolute atomic E-state index is 0.0259. The zero-order valence-corrected chi connectivity index (χ0v) is 24.8. The van der Waals surface area contributed by atoms with Crippen LogP contribution in [0.25, 0.3) is 0 Å². The fraction of sp³-hybridized carbons (Fsp3) is 0.438. The fourth-order valence-electron chi connectivity index (χ4n) is 6.30. The van der Waals surface area contributed by atoms with Gasteiger partial charge in [-0.05, 0) is 53.9 Å². The molecule has 216 valence electrons. The molecule has 2 aliphatic carbocycles. The third-order valence-corrected chi connectivity index (χ3v) is 8.17. The number of allylic oxidation sites excluding steroid dienone is 4. The smallest absolute Gasteiger partial charge is 0.269 e. The lowest BCUT2D eigenvalue weighted by molar-refractivity contribution is -0.384. The Bertz CT molecular complexity index is 1470. The number of hydrogen-bond donors (Lipinski definition) is 1. The quantitative estimate of drug-likeness (QED) is 0.273. The van der Waals surface area contributed by atoms with Gasteiger partial charge in [0.05, 0.1) is 16.6 Å². The zero-order valence-electron chi connectivity index (χ0n) is 24.1. The highest BCUT2D eigenvalue weighted by molar-refractivity contribution is 6.32. The summed E-state index contributed by atoms with van der Waals surface area (Å²) in [7, 11) is 0. The van der Waals surface area contributed by atoms with Crippen LogP contribution in [0.3, 0.4) is 0 Å². The van der Waals surface area contributed by atoms with Crippen molar-refractivity contribution in [3.8, 4) is 11.5 Å². The molecule has 2 aromatic rings. The van der Waals surface area contributed by atoms with Gasteiger partial charge in [0, 0.05) is 53.4 Å². The second-order valence-electron chi connectivity index (χ2n) is 12.7. The van der Waals surface area contributed by atoms with Gasteiger partial charge in [0.25, 0.3) is 5.69 Å². The number of Topliss-reactive ketones (excluding diaryl/α,β-unsaturated/α-hetero) is 2. The summed E-state index contributed by atoms with van der Waals surface area (Å²) in [6.45, 7) is 10.6. The third kappa shape index (κ3) is 5.75. The number of nitro groups is 1. The van der Waals surface area contributed by atoms with E-state index in [0.29, 0.717) is 66.1 Å². The van der Waals surface area contributed by atoms with Gasteiger partial charge in [-0.1, -0.05) is 51.4 Å². The predicted molar refractivity (Wildman–Crippen MR) is 156 cm³/mol. The monoisotopic (exact) mass is 578 g/mol. The molecule has 0 amide bonds. The summed E-state index contributed by atoms with van der Waals surface area (Å²) in [5.41, 5.74) is 3.88. The molecule has 1 heterocycles. The molecule has 0 bridgehead atoms. The molecule has 9 heteroatoms. The molecule has 0 fully saturated rings. The number of carbonyl (C=O) groups is 2. The van der Waals surface area contributed by atoms with E-state index in [2.05, 4.69) is 33.0 Å². The first-order chi connectivity index (χ1) is 19.3. The first kappa shape index (κ1) is 28.9. The van der Waals surface area contributed by atoms with E-state index >= 15 is 0 Å². The Kier molecular flexibility index (Phi) is 7.49. The van der Waals surface area contributed by atoms with E-state index in [4.69, 9.17) is 21.1 Å². The molecule has 0 atom stereocenters. The van der Waals surface area contributed by atoms with Crippen molar-refractivity contribution in [2.24, 2.45) is 10.8 Å². The number of ether oxygens (including phenoxy) is 2. The summed E-state index contributed by atoms with van der Waals surface area (Å²) in [6, 6.07) is 9.76. The topological polar surface area (TPSA) is 108 Å². The third-order valence-electron chi connectivity index (χ3n) is 7.89. The minimum Gasteiger partial charge on any atom is -0.490 e. The van der Waals surface area contributed by atoms with E-state index in [1.807, 2.05) is 13.0 Å². The van der Waals surface area contributed by atoms with E-state index < -0.39 is 10.8 Å². The van der Waals surface area contributed by atoms with Crippen molar-refractivity contribution >= 4 is 28.9 Å². The molecule has 41 heavy (non-hydrogen) atoms.